The Kier molecular flexibility index (Phi) is 6.75. The van der Waals surface area contributed by atoms with Gasteiger partial charge >= 0.3 is 6.18 Å². The number of nitrogens with zero attached hydrogens (tertiary/aromatic N) is 2. The number of carbonyl (C=O) groups is 1. The van der Waals surface area contributed by atoms with Crippen LogP contribution in [0, 0.1) is 0 Å². The SMILES string of the molecule is CN[C@@H](CO)C(=O)N1CCC(N(C2CC2)S(=O)(=O)c2cccc(C(F)(F)F)c2)CC1. The summed E-state index contributed by atoms with van der Waals surface area (Å²) in [5.41, 5.74) is -0.998. The van der Waals surface area contributed by atoms with E-state index in [1.165, 1.54) is 10.4 Å². The van der Waals surface area contributed by atoms with Crippen molar-refractivity contribution >= 4 is 15.9 Å². The van der Waals surface area contributed by atoms with Gasteiger partial charge in [-0.05, 0) is 50.9 Å². The topological polar surface area (TPSA) is 89.9 Å². The van der Waals surface area contributed by atoms with Crippen molar-refractivity contribution in [2.75, 3.05) is 26.7 Å². The Labute approximate surface area is 173 Å². The van der Waals surface area contributed by atoms with E-state index in [0.29, 0.717) is 44.8 Å². The lowest BCUT2D eigenvalue weighted by Gasteiger charge is -2.39. The number of likely N-dealkylation sites (N-methyl/N-ethyl adjacent to an activating group) is 1. The summed E-state index contributed by atoms with van der Waals surface area (Å²) in [5.74, 6) is -0.253. The summed E-state index contributed by atoms with van der Waals surface area (Å²) < 4.78 is 67.0. The average Bonchev–Trinajstić information content (AvgIpc) is 3.53. The zero-order chi connectivity index (χ0) is 22.1. The predicted molar refractivity (Wildman–Crippen MR) is 103 cm³/mol. The lowest BCUT2D eigenvalue weighted by molar-refractivity contribution is -0.138. The number of benzene rings is 1. The number of carbonyl (C=O) groups excluding carboxylic acids is 1. The number of nitrogens with one attached hydrogen (secondary N) is 1. The summed E-state index contributed by atoms with van der Waals surface area (Å²) in [6.07, 6.45) is -2.50. The highest BCUT2D eigenvalue weighted by Crippen LogP contribution is 2.38. The maximum absolute atomic E-state index is 13.2. The molecule has 0 aromatic heterocycles. The number of aliphatic hydroxyl groups is 1. The summed E-state index contributed by atoms with van der Waals surface area (Å²) in [7, 11) is -2.53. The molecule has 1 heterocycles. The molecule has 1 aromatic carbocycles. The molecule has 1 saturated carbocycles. The molecule has 2 N–H and O–H groups in total. The molecule has 2 fully saturated rings. The Morgan fingerprint density at radius 3 is 2.33 bits per heavy atom. The van der Waals surface area contributed by atoms with Crippen LogP contribution in [0.3, 0.4) is 0 Å². The molecule has 0 unspecified atom stereocenters. The van der Waals surface area contributed by atoms with E-state index in [-0.39, 0.29) is 29.5 Å². The van der Waals surface area contributed by atoms with E-state index in [4.69, 9.17) is 0 Å². The molecule has 168 valence electrons. The molecule has 1 aliphatic carbocycles. The van der Waals surface area contributed by atoms with Gasteiger partial charge in [0.2, 0.25) is 15.9 Å². The number of piperidine rings is 1. The van der Waals surface area contributed by atoms with Crippen LogP contribution >= 0.6 is 0 Å². The van der Waals surface area contributed by atoms with Crippen molar-refractivity contribution in [2.45, 2.75) is 54.9 Å². The van der Waals surface area contributed by atoms with Crippen LogP contribution < -0.4 is 5.32 Å². The molecular weight excluding hydrogens is 423 g/mol. The standard InChI is InChI=1S/C19H26F3N3O4S/c1-23-17(12-26)18(27)24-9-7-15(8-10-24)25(14-5-6-14)30(28,29)16-4-2-3-13(11-16)19(20,21)22/h2-4,11,14-15,17,23,26H,5-10,12H2,1H3/t17-/m0/s1. The number of alkyl halides is 3. The van der Waals surface area contributed by atoms with Crippen LogP contribution in [-0.4, -0.2) is 73.5 Å². The number of hydrogen-bond acceptors (Lipinski definition) is 5. The monoisotopic (exact) mass is 449 g/mol. The van der Waals surface area contributed by atoms with E-state index in [9.17, 15) is 31.5 Å². The molecule has 0 spiro atoms. The largest absolute Gasteiger partial charge is 0.416 e. The lowest BCUT2D eigenvalue weighted by Crippen LogP contribution is -2.53. The van der Waals surface area contributed by atoms with Crippen molar-refractivity contribution < 1.29 is 31.5 Å². The maximum atomic E-state index is 13.2. The van der Waals surface area contributed by atoms with Gasteiger partial charge in [0.15, 0.2) is 0 Å². The molecule has 1 saturated heterocycles. The number of amides is 1. The van der Waals surface area contributed by atoms with E-state index in [1.807, 2.05) is 0 Å². The number of aliphatic hydroxyl groups excluding tert-OH is 1. The van der Waals surface area contributed by atoms with Crippen LogP contribution in [0.2, 0.25) is 0 Å². The van der Waals surface area contributed by atoms with E-state index in [0.717, 1.165) is 12.1 Å². The molecule has 1 aromatic rings. The van der Waals surface area contributed by atoms with Crippen molar-refractivity contribution in [3.63, 3.8) is 0 Å². The molecule has 11 heteroatoms. The van der Waals surface area contributed by atoms with Gasteiger partial charge in [-0.2, -0.15) is 17.5 Å². The van der Waals surface area contributed by atoms with Crippen molar-refractivity contribution in [3.05, 3.63) is 29.8 Å². The second kappa shape index (κ2) is 8.81. The van der Waals surface area contributed by atoms with E-state index in [2.05, 4.69) is 5.32 Å². The first-order valence-electron chi connectivity index (χ1n) is 9.87. The molecule has 1 atom stereocenters. The minimum absolute atomic E-state index is 0.223. The normalized spacial score (nSPS) is 19.9. The van der Waals surface area contributed by atoms with Crippen LogP contribution in [0.4, 0.5) is 13.2 Å². The van der Waals surface area contributed by atoms with E-state index < -0.39 is 27.8 Å². The van der Waals surface area contributed by atoms with Crippen LogP contribution in [0.5, 0.6) is 0 Å². The van der Waals surface area contributed by atoms with Gasteiger partial charge in [-0.3, -0.25) is 4.79 Å². The molecule has 2 aliphatic rings. The quantitative estimate of drug-likeness (QED) is 0.658. The third-order valence-electron chi connectivity index (χ3n) is 5.61. The van der Waals surface area contributed by atoms with Crippen molar-refractivity contribution in [2.24, 2.45) is 0 Å². The van der Waals surface area contributed by atoms with Gasteiger partial charge in [0, 0.05) is 25.2 Å². The van der Waals surface area contributed by atoms with Gasteiger partial charge in [0.1, 0.15) is 6.04 Å². The summed E-state index contributed by atoms with van der Waals surface area (Å²) in [4.78, 5) is 13.6. The zero-order valence-electron chi connectivity index (χ0n) is 16.6. The summed E-state index contributed by atoms with van der Waals surface area (Å²) in [5, 5.41) is 12.0. The van der Waals surface area contributed by atoms with Crippen molar-refractivity contribution in [3.8, 4) is 0 Å². The van der Waals surface area contributed by atoms with Gasteiger partial charge in [0.05, 0.1) is 17.1 Å². The molecule has 7 nitrogen and oxygen atoms in total. The van der Waals surface area contributed by atoms with Crippen molar-refractivity contribution in [1.82, 2.24) is 14.5 Å². The first-order valence-corrected chi connectivity index (χ1v) is 11.3. The summed E-state index contributed by atoms with van der Waals surface area (Å²) in [6.45, 7) is 0.305. The first-order chi connectivity index (χ1) is 14.1. The molecular formula is C19H26F3N3O4S. The highest BCUT2D eigenvalue weighted by Gasteiger charge is 2.44. The smallest absolute Gasteiger partial charge is 0.394 e. The van der Waals surface area contributed by atoms with Crippen LogP contribution in [-0.2, 0) is 21.0 Å². The third kappa shape index (κ3) is 4.79. The molecule has 1 amide bonds. The Morgan fingerprint density at radius 2 is 1.83 bits per heavy atom. The lowest BCUT2D eigenvalue weighted by atomic mass is 10.0. The Hall–Kier alpha value is -1.69. The average molecular weight is 449 g/mol. The highest BCUT2D eigenvalue weighted by molar-refractivity contribution is 7.89. The molecule has 0 radical (unpaired) electrons. The fourth-order valence-electron chi connectivity index (χ4n) is 3.83. The number of sulfonamides is 1. The fourth-order valence-corrected chi connectivity index (χ4v) is 5.80. The van der Waals surface area contributed by atoms with Crippen LogP contribution in [0.1, 0.15) is 31.2 Å². The van der Waals surface area contributed by atoms with Gasteiger partial charge in [-0.1, -0.05) is 6.07 Å². The van der Waals surface area contributed by atoms with Gasteiger partial charge in [0.25, 0.3) is 0 Å². The van der Waals surface area contributed by atoms with Crippen LogP contribution in [0.25, 0.3) is 0 Å². The molecule has 1 aliphatic heterocycles. The second-order valence-corrected chi connectivity index (χ2v) is 9.52. The van der Waals surface area contributed by atoms with E-state index >= 15 is 0 Å². The predicted octanol–water partition coefficient (Wildman–Crippen LogP) is 1.43. The zero-order valence-corrected chi connectivity index (χ0v) is 17.4. The molecule has 3 rings (SSSR count). The number of hydrogen-bond donors (Lipinski definition) is 2. The highest BCUT2D eigenvalue weighted by atomic mass is 32.2. The van der Waals surface area contributed by atoms with Crippen molar-refractivity contribution in [1.29, 1.82) is 0 Å². The first kappa shape index (κ1) is 23.0. The Balaban J connectivity index is 1.78. The second-order valence-electron chi connectivity index (χ2n) is 7.67. The molecule has 0 bridgehead atoms. The summed E-state index contributed by atoms with van der Waals surface area (Å²) >= 11 is 0. The Bertz CT molecular complexity index is 862. The minimum atomic E-state index is -4.63. The third-order valence-corrected chi connectivity index (χ3v) is 7.61. The van der Waals surface area contributed by atoms with Crippen LogP contribution in [0.15, 0.2) is 29.2 Å². The van der Waals surface area contributed by atoms with Gasteiger partial charge in [-0.15, -0.1) is 0 Å². The Morgan fingerprint density at radius 1 is 1.23 bits per heavy atom. The van der Waals surface area contributed by atoms with E-state index in [1.54, 1.807) is 11.9 Å². The maximum Gasteiger partial charge on any atom is 0.416 e. The van der Waals surface area contributed by atoms with Gasteiger partial charge in [-0.25, -0.2) is 8.42 Å². The fraction of sp³-hybridized carbons (Fsp3) is 0.632. The number of rotatable bonds is 7. The summed E-state index contributed by atoms with van der Waals surface area (Å²) in [6, 6.07) is 2.51. The minimum Gasteiger partial charge on any atom is -0.394 e. The number of halogens is 3. The molecule has 30 heavy (non-hydrogen) atoms. The number of likely N-dealkylation sites (tertiary alicyclic amines) is 1. The van der Waals surface area contributed by atoms with Gasteiger partial charge < -0.3 is 15.3 Å².